The number of carbonyl (C=O) groups excluding carboxylic acids is 1. The second kappa shape index (κ2) is 4.55. The predicted molar refractivity (Wildman–Crippen MR) is 67.7 cm³/mol. The van der Waals surface area contributed by atoms with Gasteiger partial charge in [-0.05, 0) is 55.6 Å². The van der Waals surface area contributed by atoms with E-state index in [1.165, 1.54) is 25.7 Å². The highest BCUT2D eigenvalue weighted by Gasteiger charge is 2.41. The van der Waals surface area contributed by atoms with Crippen molar-refractivity contribution in [1.29, 1.82) is 0 Å². The number of rotatable bonds is 5. The van der Waals surface area contributed by atoms with Gasteiger partial charge in [-0.1, -0.05) is 0 Å². The van der Waals surface area contributed by atoms with Crippen molar-refractivity contribution in [1.82, 2.24) is 15.5 Å². The van der Waals surface area contributed by atoms with Crippen molar-refractivity contribution in [3.05, 3.63) is 17.8 Å². The Hall–Kier alpha value is -1.65. The summed E-state index contributed by atoms with van der Waals surface area (Å²) in [6.45, 7) is 0.778. The van der Waals surface area contributed by atoms with E-state index in [1.54, 1.807) is 12.1 Å². The summed E-state index contributed by atoms with van der Waals surface area (Å²) in [5.41, 5.74) is 5.78. The van der Waals surface area contributed by atoms with Gasteiger partial charge in [0, 0.05) is 6.54 Å². The van der Waals surface area contributed by atoms with Gasteiger partial charge in [0.05, 0.1) is 0 Å². The van der Waals surface area contributed by atoms with Crippen LogP contribution in [0.25, 0.3) is 0 Å². The monoisotopic (exact) mass is 246 g/mol. The summed E-state index contributed by atoms with van der Waals surface area (Å²) in [5, 5.41) is 10.5. The Morgan fingerprint density at radius 3 is 2.44 bits per heavy atom. The van der Waals surface area contributed by atoms with Gasteiger partial charge >= 0.3 is 0 Å². The summed E-state index contributed by atoms with van der Waals surface area (Å²) in [4.78, 5) is 11.9. The molecule has 1 aromatic rings. The van der Waals surface area contributed by atoms with Crippen LogP contribution in [0, 0.1) is 17.8 Å². The van der Waals surface area contributed by atoms with Crippen LogP contribution in [0.5, 0.6) is 0 Å². The highest BCUT2D eigenvalue weighted by molar-refractivity contribution is 5.92. The molecule has 2 aliphatic carbocycles. The van der Waals surface area contributed by atoms with Crippen LogP contribution in [0.1, 0.15) is 36.2 Å². The molecule has 5 heteroatoms. The maximum Gasteiger partial charge on any atom is 0.271 e. The molecule has 2 aliphatic rings. The Morgan fingerprint density at radius 1 is 1.28 bits per heavy atom. The van der Waals surface area contributed by atoms with Gasteiger partial charge in [0.2, 0.25) is 0 Å². The van der Waals surface area contributed by atoms with Crippen LogP contribution in [-0.4, -0.2) is 22.6 Å². The van der Waals surface area contributed by atoms with Crippen LogP contribution < -0.4 is 11.1 Å². The lowest BCUT2D eigenvalue weighted by molar-refractivity contribution is 0.0937. The molecule has 0 atom stereocenters. The smallest absolute Gasteiger partial charge is 0.271 e. The molecule has 3 N–H and O–H groups in total. The normalized spacial score (nSPS) is 18.9. The van der Waals surface area contributed by atoms with E-state index in [0.717, 1.165) is 18.4 Å². The molecule has 0 aromatic carbocycles. The van der Waals surface area contributed by atoms with E-state index >= 15 is 0 Å². The van der Waals surface area contributed by atoms with Gasteiger partial charge in [-0.3, -0.25) is 4.79 Å². The Balaban J connectivity index is 1.55. The van der Waals surface area contributed by atoms with Crippen molar-refractivity contribution < 1.29 is 4.79 Å². The molecule has 1 aromatic heterocycles. The lowest BCUT2D eigenvalue weighted by Crippen LogP contribution is -2.31. The molecular weight excluding hydrogens is 228 g/mol. The molecule has 2 fully saturated rings. The number of hydrogen-bond acceptors (Lipinski definition) is 4. The van der Waals surface area contributed by atoms with Gasteiger partial charge in [-0.15, -0.1) is 10.2 Å². The van der Waals surface area contributed by atoms with Gasteiger partial charge in [0.25, 0.3) is 5.91 Å². The number of carbonyl (C=O) groups is 1. The number of aromatic nitrogens is 2. The van der Waals surface area contributed by atoms with Crippen LogP contribution in [-0.2, 0) is 0 Å². The molecule has 18 heavy (non-hydrogen) atoms. The van der Waals surface area contributed by atoms with Crippen molar-refractivity contribution in [3.63, 3.8) is 0 Å². The molecule has 0 aliphatic heterocycles. The molecule has 0 radical (unpaired) electrons. The minimum Gasteiger partial charge on any atom is -0.382 e. The Bertz CT molecular complexity index is 425. The average Bonchev–Trinajstić information content (AvgIpc) is 3.24. The maximum absolute atomic E-state index is 11.9. The van der Waals surface area contributed by atoms with Gasteiger partial charge in [-0.2, -0.15) is 0 Å². The zero-order valence-electron chi connectivity index (χ0n) is 10.3. The maximum atomic E-state index is 11.9. The van der Waals surface area contributed by atoms with Crippen molar-refractivity contribution >= 4 is 11.7 Å². The quantitative estimate of drug-likeness (QED) is 0.818. The van der Waals surface area contributed by atoms with E-state index in [4.69, 9.17) is 5.73 Å². The second-order valence-corrected chi connectivity index (χ2v) is 5.39. The molecule has 0 bridgehead atoms. The van der Waals surface area contributed by atoms with E-state index in [9.17, 15) is 4.79 Å². The molecular formula is C13H18N4O. The molecule has 0 unspecified atom stereocenters. The highest BCUT2D eigenvalue weighted by atomic mass is 16.1. The van der Waals surface area contributed by atoms with Crippen LogP contribution in [0.2, 0.25) is 0 Å². The van der Waals surface area contributed by atoms with Crippen molar-refractivity contribution in [3.8, 4) is 0 Å². The minimum absolute atomic E-state index is 0.145. The molecule has 2 saturated carbocycles. The number of nitrogen functional groups attached to an aromatic ring is 1. The average molecular weight is 246 g/mol. The summed E-state index contributed by atoms with van der Waals surface area (Å²) in [6.07, 6.45) is 5.33. The first kappa shape index (κ1) is 11.4. The molecule has 96 valence electrons. The van der Waals surface area contributed by atoms with E-state index in [1.807, 2.05) is 0 Å². The van der Waals surface area contributed by atoms with Crippen molar-refractivity contribution in [2.45, 2.75) is 25.7 Å². The number of amides is 1. The number of nitrogens with zero attached hydrogens (tertiary/aromatic N) is 2. The number of hydrogen-bond donors (Lipinski definition) is 2. The standard InChI is InChI=1S/C13H18N4O/c14-12-6-5-11(16-17-12)13(18)15-7-10(8-1-2-8)9-3-4-9/h5-6,8-10H,1-4,7H2,(H2,14,17)(H,15,18). The third-order valence-electron chi connectivity index (χ3n) is 3.87. The summed E-state index contributed by atoms with van der Waals surface area (Å²) in [6, 6.07) is 3.21. The highest BCUT2D eigenvalue weighted by Crippen LogP contribution is 2.48. The van der Waals surface area contributed by atoms with E-state index in [2.05, 4.69) is 15.5 Å². The first-order chi connectivity index (χ1) is 8.74. The summed E-state index contributed by atoms with van der Waals surface area (Å²) in [7, 11) is 0. The SMILES string of the molecule is Nc1ccc(C(=O)NCC(C2CC2)C2CC2)nn1. The van der Waals surface area contributed by atoms with Crippen molar-refractivity contribution in [2.75, 3.05) is 12.3 Å². The molecule has 3 rings (SSSR count). The second-order valence-electron chi connectivity index (χ2n) is 5.39. The molecule has 0 spiro atoms. The predicted octanol–water partition coefficient (Wildman–Crippen LogP) is 1.22. The fraction of sp³-hybridized carbons (Fsp3) is 0.615. The third-order valence-corrected chi connectivity index (χ3v) is 3.87. The summed E-state index contributed by atoms with van der Waals surface area (Å²) in [5.74, 6) is 2.55. The van der Waals surface area contributed by atoms with E-state index < -0.39 is 0 Å². The molecule has 1 heterocycles. The lowest BCUT2D eigenvalue weighted by atomic mass is 9.98. The van der Waals surface area contributed by atoms with Gasteiger partial charge in [0.15, 0.2) is 5.69 Å². The van der Waals surface area contributed by atoms with Crippen LogP contribution >= 0.6 is 0 Å². The first-order valence-corrected chi connectivity index (χ1v) is 6.61. The largest absolute Gasteiger partial charge is 0.382 e. The number of nitrogens with two attached hydrogens (primary N) is 1. The summed E-state index contributed by atoms with van der Waals surface area (Å²) < 4.78 is 0. The van der Waals surface area contributed by atoms with Crippen molar-refractivity contribution in [2.24, 2.45) is 17.8 Å². The lowest BCUT2D eigenvalue weighted by Gasteiger charge is -2.15. The number of anilines is 1. The van der Waals surface area contributed by atoms with Crippen LogP contribution in [0.3, 0.4) is 0 Å². The van der Waals surface area contributed by atoms with Gasteiger partial charge in [-0.25, -0.2) is 0 Å². The zero-order valence-corrected chi connectivity index (χ0v) is 10.3. The fourth-order valence-corrected chi connectivity index (χ4v) is 2.53. The molecule has 5 nitrogen and oxygen atoms in total. The number of nitrogens with one attached hydrogen (secondary N) is 1. The van der Waals surface area contributed by atoms with Gasteiger partial charge in [0.1, 0.15) is 5.82 Å². The summed E-state index contributed by atoms with van der Waals surface area (Å²) >= 11 is 0. The topological polar surface area (TPSA) is 80.9 Å². The molecule has 0 saturated heterocycles. The minimum atomic E-state index is -0.145. The van der Waals surface area contributed by atoms with Crippen LogP contribution in [0.15, 0.2) is 12.1 Å². The van der Waals surface area contributed by atoms with Gasteiger partial charge < -0.3 is 11.1 Å². The zero-order chi connectivity index (χ0) is 12.5. The van der Waals surface area contributed by atoms with E-state index in [-0.39, 0.29) is 5.91 Å². The Morgan fingerprint density at radius 2 is 1.94 bits per heavy atom. The van der Waals surface area contributed by atoms with E-state index in [0.29, 0.717) is 17.4 Å². The third kappa shape index (κ3) is 2.60. The Labute approximate surface area is 106 Å². The fourth-order valence-electron chi connectivity index (χ4n) is 2.53. The Kier molecular flexibility index (Phi) is 2.89. The first-order valence-electron chi connectivity index (χ1n) is 6.61. The molecule has 1 amide bonds. The van der Waals surface area contributed by atoms with Crippen LogP contribution in [0.4, 0.5) is 5.82 Å².